The molecule has 3 aromatic rings. The Morgan fingerprint density at radius 2 is 2.22 bits per heavy atom. The fourth-order valence-electron chi connectivity index (χ4n) is 3.04. The summed E-state index contributed by atoms with van der Waals surface area (Å²) in [7, 11) is 0. The summed E-state index contributed by atoms with van der Waals surface area (Å²) < 4.78 is 4.08. The van der Waals surface area contributed by atoms with Crippen LogP contribution in [0.3, 0.4) is 0 Å². The Bertz CT molecular complexity index is 777. The minimum atomic E-state index is 0.0851. The molecule has 0 fully saturated rings. The Hall–Kier alpha value is -2.41. The van der Waals surface area contributed by atoms with Gasteiger partial charge in [0.15, 0.2) is 0 Å². The van der Waals surface area contributed by atoms with Gasteiger partial charge >= 0.3 is 0 Å². The van der Waals surface area contributed by atoms with Crippen LogP contribution < -0.4 is 0 Å². The van der Waals surface area contributed by atoms with Crippen molar-refractivity contribution in [2.75, 3.05) is 6.54 Å². The molecular formula is C16H17N5OS. The van der Waals surface area contributed by atoms with E-state index < -0.39 is 0 Å². The van der Waals surface area contributed by atoms with Gasteiger partial charge in [0.1, 0.15) is 5.82 Å². The molecule has 1 unspecified atom stereocenters. The lowest BCUT2D eigenvalue weighted by atomic mass is 10.1. The van der Waals surface area contributed by atoms with Crippen LogP contribution in [0.1, 0.15) is 15.5 Å². The van der Waals surface area contributed by atoms with Crippen LogP contribution in [0.15, 0.2) is 48.4 Å². The summed E-state index contributed by atoms with van der Waals surface area (Å²) in [6, 6.07) is 5.72. The summed E-state index contributed by atoms with van der Waals surface area (Å²) in [6.45, 7) is 2.90. The molecule has 0 bridgehead atoms. The molecule has 23 heavy (non-hydrogen) atoms. The van der Waals surface area contributed by atoms with E-state index in [1.54, 1.807) is 12.4 Å². The van der Waals surface area contributed by atoms with Gasteiger partial charge in [-0.15, -0.1) is 11.3 Å². The van der Waals surface area contributed by atoms with Gasteiger partial charge in [-0.25, -0.2) is 4.98 Å². The molecule has 1 aliphatic heterocycles. The fourth-order valence-corrected chi connectivity index (χ4v) is 3.73. The fraction of sp³-hybridized carbons (Fsp3) is 0.312. The third-order valence-corrected chi connectivity index (χ3v) is 4.95. The quantitative estimate of drug-likeness (QED) is 0.740. The van der Waals surface area contributed by atoms with Crippen LogP contribution in [0.2, 0.25) is 0 Å². The van der Waals surface area contributed by atoms with Gasteiger partial charge in [0.05, 0.1) is 11.4 Å². The van der Waals surface area contributed by atoms with Crippen molar-refractivity contribution in [1.82, 2.24) is 24.2 Å². The number of hydrogen-bond donors (Lipinski definition) is 0. The number of aromatic nitrogens is 4. The number of fused-ring (bicyclic) bond motifs is 1. The summed E-state index contributed by atoms with van der Waals surface area (Å²) in [5.74, 6) is 1.33. The van der Waals surface area contributed by atoms with Crippen molar-refractivity contribution >= 4 is 17.2 Å². The highest BCUT2D eigenvalue weighted by Crippen LogP contribution is 2.20. The molecule has 3 aromatic heterocycles. The average Bonchev–Trinajstić information content (AvgIpc) is 3.28. The summed E-state index contributed by atoms with van der Waals surface area (Å²) in [4.78, 5) is 19.9. The second-order valence-electron chi connectivity index (χ2n) is 5.75. The maximum atomic E-state index is 12.8. The lowest BCUT2D eigenvalue weighted by Crippen LogP contribution is -2.35. The van der Waals surface area contributed by atoms with Gasteiger partial charge in [0.2, 0.25) is 0 Å². The number of hydrogen-bond acceptors (Lipinski definition) is 4. The monoisotopic (exact) mass is 327 g/mol. The first-order valence-corrected chi connectivity index (χ1v) is 8.48. The van der Waals surface area contributed by atoms with E-state index in [2.05, 4.69) is 14.6 Å². The van der Waals surface area contributed by atoms with Gasteiger partial charge in [-0.05, 0) is 17.5 Å². The van der Waals surface area contributed by atoms with E-state index in [0.717, 1.165) is 23.8 Å². The maximum Gasteiger partial charge on any atom is 0.264 e. The second-order valence-corrected chi connectivity index (χ2v) is 6.70. The standard InChI is InChI=1S/C16H17N5OS/c22-16(14-3-1-8-23-14)20-10-13(11-21-6-2-4-18-21)9-19-7-5-17-15(19)12-20/h1-8,13H,9-12H2. The van der Waals surface area contributed by atoms with Crippen molar-refractivity contribution in [1.29, 1.82) is 0 Å². The van der Waals surface area contributed by atoms with E-state index in [9.17, 15) is 4.79 Å². The molecule has 6 nitrogen and oxygen atoms in total. The van der Waals surface area contributed by atoms with Crippen molar-refractivity contribution in [2.45, 2.75) is 19.6 Å². The van der Waals surface area contributed by atoms with Gasteiger partial charge < -0.3 is 9.47 Å². The van der Waals surface area contributed by atoms with Crippen LogP contribution in [-0.4, -0.2) is 36.7 Å². The Balaban J connectivity index is 1.60. The molecular weight excluding hydrogens is 310 g/mol. The van der Waals surface area contributed by atoms with Gasteiger partial charge in [0, 0.05) is 50.3 Å². The third-order valence-electron chi connectivity index (χ3n) is 4.09. The highest BCUT2D eigenvalue weighted by atomic mass is 32.1. The van der Waals surface area contributed by atoms with Crippen molar-refractivity contribution in [2.24, 2.45) is 5.92 Å². The van der Waals surface area contributed by atoms with Crippen molar-refractivity contribution < 1.29 is 4.79 Å². The van der Waals surface area contributed by atoms with Crippen molar-refractivity contribution in [3.05, 3.63) is 59.1 Å². The molecule has 1 aliphatic rings. The highest BCUT2D eigenvalue weighted by molar-refractivity contribution is 7.12. The van der Waals surface area contributed by atoms with Gasteiger partial charge in [-0.1, -0.05) is 6.07 Å². The highest BCUT2D eigenvalue weighted by Gasteiger charge is 2.27. The molecule has 1 atom stereocenters. The number of rotatable bonds is 3. The number of carbonyl (C=O) groups excluding carboxylic acids is 1. The Kier molecular flexibility index (Phi) is 3.70. The molecule has 7 heteroatoms. The maximum absolute atomic E-state index is 12.8. The smallest absolute Gasteiger partial charge is 0.264 e. The van der Waals surface area contributed by atoms with E-state index in [4.69, 9.17) is 0 Å². The zero-order chi connectivity index (χ0) is 15.6. The van der Waals surface area contributed by atoms with Crippen LogP contribution in [-0.2, 0) is 19.6 Å². The number of nitrogens with zero attached hydrogens (tertiary/aromatic N) is 5. The molecule has 0 radical (unpaired) electrons. The third kappa shape index (κ3) is 2.92. The SMILES string of the molecule is O=C(c1cccs1)N1Cc2nccn2CC(Cn2cccn2)C1. The number of thiophene rings is 1. The van der Waals surface area contributed by atoms with Crippen LogP contribution >= 0.6 is 11.3 Å². The van der Waals surface area contributed by atoms with Crippen LogP contribution in [0.4, 0.5) is 0 Å². The van der Waals surface area contributed by atoms with E-state index in [1.807, 2.05) is 45.6 Å². The largest absolute Gasteiger partial charge is 0.333 e. The molecule has 0 aromatic carbocycles. The zero-order valence-electron chi connectivity index (χ0n) is 12.6. The number of imidazole rings is 1. The molecule has 0 saturated carbocycles. The lowest BCUT2D eigenvalue weighted by molar-refractivity contribution is 0.0717. The normalized spacial score (nSPS) is 17.7. The molecule has 0 aliphatic carbocycles. The van der Waals surface area contributed by atoms with E-state index in [0.29, 0.717) is 19.0 Å². The minimum Gasteiger partial charge on any atom is -0.333 e. The molecule has 0 spiro atoms. The van der Waals surface area contributed by atoms with E-state index in [1.165, 1.54) is 11.3 Å². The first-order chi connectivity index (χ1) is 11.3. The topological polar surface area (TPSA) is 56.0 Å². The summed E-state index contributed by atoms with van der Waals surface area (Å²) in [5, 5.41) is 6.23. The number of amides is 1. The first kappa shape index (κ1) is 14.2. The van der Waals surface area contributed by atoms with Crippen LogP contribution in [0, 0.1) is 5.92 Å². The van der Waals surface area contributed by atoms with Gasteiger partial charge in [-0.2, -0.15) is 5.10 Å². The lowest BCUT2D eigenvalue weighted by Gasteiger charge is -2.23. The second kappa shape index (κ2) is 6.00. The van der Waals surface area contributed by atoms with E-state index in [-0.39, 0.29) is 5.91 Å². The summed E-state index contributed by atoms with van der Waals surface area (Å²) in [6.07, 6.45) is 7.54. The molecule has 1 amide bonds. The predicted molar refractivity (Wildman–Crippen MR) is 87.0 cm³/mol. The van der Waals surface area contributed by atoms with E-state index >= 15 is 0 Å². The molecule has 4 rings (SSSR count). The number of carbonyl (C=O) groups is 1. The summed E-state index contributed by atoms with van der Waals surface area (Å²) in [5.41, 5.74) is 0. The minimum absolute atomic E-state index is 0.0851. The van der Waals surface area contributed by atoms with Crippen LogP contribution in [0.5, 0.6) is 0 Å². The first-order valence-electron chi connectivity index (χ1n) is 7.60. The molecule has 118 valence electrons. The Morgan fingerprint density at radius 3 is 3.00 bits per heavy atom. The Labute approximate surface area is 138 Å². The zero-order valence-corrected chi connectivity index (χ0v) is 13.4. The molecule has 0 saturated heterocycles. The van der Waals surface area contributed by atoms with Crippen molar-refractivity contribution in [3.63, 3.8) is 0 Å². The summed E-state index contributed by atoms with van der Waals surface area (Å²) >= 11 is 1.49. The van der Waals surface area contributed by atoms with Gasteiger partial charge in [0.25, 0.3) is 5.91 Å². The van der Waals surface area contributed by atoms with Gasteiger partial charge in [-0.3, -0.25) is 9.48 Å². The molecule has 4 heterocycles. The van der Waals surface area contributed by atoms with Crippen molar-refractivity contribution in [3.8, 4) is 0 Å². The Morgan fingerprint density at radius 1 is 1.26 bits per heavy atom. The predicted octanol–water partition coefficient (Wildman–Crippen LogP) is 2.11. The average molecular weight is 327 g/mol. The van der Waals surface area contributed by atoms with Crippen LogP contribution in [0.25, 0.3) is 0 Å². The molecule has 0 N–H and O–H groups in total.